The van der Waals surface area contributed by atoms with Gasteiger partial charge in [-0.25, -0.2) is 0 Å². The number of hydrogen-bond acceptors (Lipinski definition) is 3. The van der Waals surface area contributed by atoms with Crippen LogP contribution < -0.4 is 26.9 Å². The molecule has 0 saturated heterocycles. The first-order chi connectivity index (χ1) is 9.11. The Labute approximate surface area is 124 Å². The molecule has 1 aliphatic heterocycles. The molecule has 0 aliphatic carbocycles. The summed E-state index contributed by atoms with van der Waals surface area (Å²) in [7, 11) is 0. The molecule has 1 aromatic carbocycles. The maximum atomic E-state index is 11.8. The number of hydrogen-bond donors (Lipinski definition) is 1. The standard InChI is InChI=1S/C15H19INO2/c1-3-19-15(18)12-7-8-13-11(9-12)5-4-6-14(17)10(2)16-13/h6-10H,3-5,17H2,1-2H3/q-1. The van der Waals surface area contributed by atoms with Crippen molar-refractivity contribution in [3.63, 3.8) is 0 Å². The number of carbonyl (C=O) groups is 1. The molecule has 19 heavy (non-hydrogen) atoms. The molecule has 0 fully saturated rings. The first-order valence-electron chi connectivity index (χ1n) is 6.50. The molecule has 2 rings (SSSR count). The van der Waals surface area contributed by atoms with Gasteiger partial charge in [-0.3, -0.25) is 0 Å². The second-order valence-corrected chi connectivity index (χ2v) is 8.15. The van der Waals surface area contributed by atoms with Gasteiger partial charge in [-0.1, -0.05) is 0 Å². The summed E-state index contributed by atoms with van der Waals surface area (Å²) in [5, 5.41) is 0. The molecule has 0 radical (unpaired) electrons. The van der Waals surface area contributed by atoms with Crippen molar-refractivity contribution >= 4 is 5.97 Å². The number of rotatable bonds is 2. The van der Waals surface area contributed by atoms with Gasteiger partial charge >= 0.3 is 124 Å². The average molecular weight is 372 g/mol. The number of fused-ring (bicyclic) bond motifs is 1. The first kappa shape index (κ1) is 14.4. The van der Waals surface area contributed by atoms with E-state index >= 15 is 0 Å². The second kappa shape index (κ2) is 6.41. The fourth-order valence-corrected chi connectivity index (χ4v) is 4.84. The quantitative estimate of drug-likeness (QED) is 0.425. The van der Waals surface area contributed by atoms with Crippen LogP contribution in [0.2, 0.25) is 0 Å². The molecule has 0 aromatic heterocycles. The topological polar surface area (TPSA) is 52.3 Å². The summed E-state index contributed by atoms with van der Waals surface area (Å²) in [4.78, 5) is 11.8. The second-order valence-electron chi connectivity index (χ2n) is 4.49. The van der Waals surface area contributed by atoms with Gasteiger partial charge in [0.15, 0.2) is 0 Å². The number of carbonyl (C=O) groups excluding carboxylic acids is 1. The third-order valence-electron chi connectivity index (χ3n) is 3.09. The molecule has 3 nitrogen and oxygen atoms in total. The number of esters is 1. The Bertz CT molecular complexity index is 511. The van der Waals surface area contributed by atoms with Crippen LogP contribution in [0.1, 0.15) is 36.2 Å². The number of benzene rings is 1. The molecule has 104 valence electrons. The molecule has 0 saturated carbocycles. The van der Waals surface area contributed by atoms with Gasteiger partial charge in [0, 0.05) is 0 Å². The van der Waals surface area contributed by atoms with Crippen molar-refractivity contribution in [3.8, 4) is 0 Å². The molecule has 0 bridgehead atoms. The van der Waals surface area contributed by atoms with Crippen molar-refractivity contribution in [2.24, 2.45) is 5.73 Å². The zero-order valence-corrected chi connectivity index (χ0v) is 13.4. The van der Waals surface area contributed by atoms with Gasteiger partial charge in [0.1, 0.15) is 0 Å². The molecule has 1 aliphatic rings. The van der Waals surface area contributed by atoms with Crippen LogP contribution in [-0.4, -0.2) is 16.5 Å². The molecule has 0 amide bonds. The van der Waals surface area contributed by atoms with Crippen LogP contribution in [-0.2, 0) is 11.2 Å². The van der Waals surface area contributed by atoms with Crippen LogP contribution in [0, 0.1) is 3.57 Å². The summed E-state index contributed by atoms with van der Waals surface area (Å²) < 4.78 is 6.91. The molecule has 2 N–H and O–H groups in total. The van der Waals surface area contributed by atoms with Crippen LogP contribution in [0.25, 0.3) is 0 Å². The Morgan fingerprint density at radius 3 is 3.05 bits per heavy atom. The van der Waals surface area contributed by atoms with Crippen molar-refractivity contribution in [2.45, 2.75) is 30.6 Å². The van der Waals surface area contributed by atoms with Crippen LogP contribution in [0.4, 0.5) is 0 Å². The third-order valence-corrected chi connectivity index (χ3v) is 6.47. The van der Waals surface area contributed by atoms with E-state index in [0.717, 1.165) is 18.5 Å². The van der Waals surface area contributed by atoms with E-state index in [1.165, 1.54) is 9.13 Å². The number of nitrogens with two attached hydrogens (primary N) is 1. The summed E-state index contributed by atoms with van der Waals surface area (Å²) in [5.74, 6) is -0.228. The molecule has 1 unspecified atom stereocenters. The van der Waals surface area contributed by atoms with Gasteiger partial charge in [0.2, 0.25) is 0 Å². The van der Waals surface area contributed by atoms with Gasteiger partial charge < -0.3 is 0 Å². The van der Waals surface area contributed by atoms with Crippen molar-refractivity contribution in [1.29, 1.82) is 0 Å². The van der Waals surface area contributed by atoms with Crippen molar-refractivity contribution < 1.29 is 30.7 Å². The average Bonchev–Trinajstić information content (AvgIpc) is 2.38. The molecular weight excluding hydrogens is 353 g/mol. The van der Waals surface area contributed by atoms with Crippen LogP contribution >= 0.6 is 0 Å². The van der Waals surface area contributed by atoms with Crippen molar-refractivity contribution in [1.82, 2.24) is 0 Å². The number of allylic oxidation sites excluding steroid dienone is 2. The van der Waals surface area contributed by atoms with Gasteiger partial charge in [0.05, 0.1) is 0 Å². The Morgan fingerprint density at radius 2 is 2.32 bits per heavy atom. The Morgan fingerprint density at radius 1 is 1.53 bits per heavy atom. The third kappa shape index (κ3) is 3.49. The number of alkyl halides is 1. The van der Waals surface area contributed by atoms with E-state index in [9.17, 15) is 4.79 Å². The fourth-order valence-electron chi connectivity index (χ4n) is 2.01. The zero-order chi connectivity index (χ0) is 13.8. The van der Waals surface area contributed by atoms with E-state index in [4.69, 9.17) is 10.5 Å². The van der Waals surface area contributed by atoms with E-state index in [2.05, 4.69) is 19.1 Å². The van der Waals surface area contributed by atoms with Gasteiger partial charge in [-0.2, -0.15) is 0 Å². The molecule has 1 heterocycles. The Hall–Kier alpha value is -1.04. The van der Waals surface area contributed by atoms with Crippen LogP contribution in [0.15, 0.2) is 30.0 Å². The van der Waals surface area contributed by atoms with E-state index in [1.54, 1.807) is 0 Å². The van der Waals surface area contributed by atoms with E-state index in [0.29, 0.717) is 16.1 Å². The normalized spacial score (nSPS) is 19.3. The molecular formula is C15H19INO2-. The summed E-state index contributed by atoms with van der Waals surface area (Å²) in [5.41, 5.74) is 9.01. The van der Waals surface area contributed by atoms with Gasteiger partial charge in [-0.15, -0.1) is 0 Å². The minimum atomic E-state index is -0.228. The summed E-state index contributed by atoms with van der Waals surface area (Å²) in [6, 6.07) is 5.96. The monoisotopic (exact) mass is 372 g/mol. The molecule has 0 spiro atoms. The van der Waals surface area contributed by atoms with Gasteiger partial charge in [-0.05, 0) is 0 Å². The predicted octanol–water partition coefficient (Wildman–Crippen LogP) is -0.701. The number of halogens is 1. The summed E-state index contributed by atoms with van der Waals surface area (Å²) in [6.07, 6.45) is 4.03. The number of ether oxygens (including phenoxy) is 1. The molecule has 4 heteroatoms. The van der Waals surface area contributed by atoms with Gasteiger partial charge in [0.25, 0.3) is 0 Å². The summed E-state index contributed by atoms with van der Waals surface area (Å²) >= 11 is -0.139. The fraction of sp³-hybridized carbons (Fsp3) is 0.400. The van der Waals surface area contributed by atoms with Crippen molar-refractivity contribution in [2.75, 3.05) is 6.61 Å². The summed E-state index contributed by atoms with van der Waals surface area (Å²) in [6.45, 7) is 4.43. The SMILES string of the molecule is CCOC(=O)c1ccc2c(c1)CCC=C(N)C(C)[I-]2. The van der Waals surface area contributed by atoms with E-state index in [-0.39, 0.29) is 27.2 Å². The number of aryl methyl sites for hydroxylation is 1. The minimum absolute atomic E-state index is 0.139. The van der Waals surface area contributed by atoms with Crippen LogP contribution in [0.5, 0.6) is 0 Å². The predicted molar refractivity (Wildman–Crippen MR) is 71.1 cm³/mol. The maximum absolute atomic E-state index is 11.8. The molecule has 1 atom stereocenters. The molecule has 1 aromatic rings. The Balaban J connectivity index is 2.27. The van der Waals surface area contributed by atoms with Crippen molar-refractivity contribution in [3.05, 3.63) is 44.7 Å². The Kier molecular flexibility index (Phi) is 4.85. The first-order valence-corrected chi connectivity index (χ1v) is 8.83. The van der Waals surface area contributed by atoms with E-state index < -0.39 is 0 Å². The zero-order valence-electron chi connectivity index (χ0n) is 11.3. The van der Waals surface area contributed by atoms with E-state index in [1.807, 2.05) is 19.1 Å². The van der Waals surface area contributed by atoms with Crippen LogP contribution in [0.3, 0.4) is 0 Å².